The maximum absolute atomic E-state index is 12.7. The van der Waals surface area contributed by atoms with E-state index in [2.05, 4.69) is 50.5 Å². The Bertz CT molecular complexity index is 953. The normalized spacial score (nSPS) is 23.1. The molecule has 1 saturated heterocycles. The molecule has 1 amide bonds. The van der Waals surface area contributed by atoms with Crippen LogP contribution in [0, 0.1) is 13.8 Å². The Morgan fingerprint density at radius 1 is 1.21 bits per heavy atom. The number of carbonyl (C=O) groups is 1. The maximum atomic E-state index is 12.7. The zero-order chi connectivity index (χ0) is 20.5. The second-order valence-electron chi connectivity index (χ2n) is 7.73. The first-order chi connectivity index (χ1) is 13.9. The van der Waals surface area contributed by atoms with E-state index in [4.69, 9.17) is 9.15 Å². The molecule has 7 heteroatoms. The van der Waals surface area contributed by atoms with E-state index in [9.17, 15) is 4.79 Å². The van der Waals surface area contributed by atoms with Gasteiger partial charge in [-0.3, -0.25) is 4.79 Å². The fourth-order valence-corrected chi connectivity index (χ4v) is 6.20. The van der Waals surface area contributed by atoms with Crippen molar-refractivity contribution in [3.63, 3.8) is 0 Å². The number of ether oxygens (including phenoxy) is 1. The third-order valence-electron chi connectivity index (χ3n) is 5.49. The number of hydrogen-bond acceptors (Lipinski definition) is 5. The Hall–Kier alpha value is -1.93. The van der Waals surface area contributed by atoms with E-state index in [0.717, 1.165) is 18.1 Å². The molecule has 1 aliphatic rings. The number of furan rings is 1. The van der Waals surface area contributed by atoms with Crippen molar-refractivity contribution in [3.05, 3.63) is 62.6 Å². The molecule has 2 N–H and O–H groups in total. The number of rotatable bonds is 5. The van der Waals surface area contributed by atoms with Crippen LogP contribution in [0.4, 0.5) is 5.00 Å². The van der Waals surface area contributed by atoms with E-state index in [-0.39, 0.29) is 24.2 Å². The largest absolute Gasteiger partial charge is 0.459 e. The quantitative estimate of drug-likeness (QED) is 0.641. The van der Waals surface area contributed by atoms with Crippen molar-refractivity contribution in [2.75, 3.05) is 18.4 Å². The summed E-state index contributed by atoms with van der Waals surface area (Å²) in [5.74, 6) is 0.120. The van der Waals surface area contributed by atoms with Crippen LogP contribution in [0.15, 0.2) is 40.3 Å². The summed E-state index contributed by atoms with van der Waals surface area (Å²) in [6.07, 6.45) is 1.94. The Morgan fingerprint density at radius 3 is 2.59 bits per heavy atom. The number of nitrogens with one attached hydrogen (secondary N) is 2. The lowest BCUT2D eigenvalue weighted by Crippen LogP contribution is -3.15. The fraction of sp³-hybridized carbons (Fsp3) is 0.409. The molecule has 0 radical (unpaired) electrons. The van der Waals surface area contributed by atoms with E-state index in [0.29, 0.717) is 5.76 Å². The van der Waals surface area contributed by atoms with Gasteiger partial charge in [0.15, 0.2) is 11.8 Å². The number of aryl methyl sites for hydroxylation is 1. The smallest absolute Gasteiger partial charge is 0.291 e. The number of thiophene rings is 2. The summed E-state index contributed by atoms with van der Waals surface area (Å²) < 4.78 is 11.3. The van der Waals surface area contributed by atoms with E-state index >= 15 is 0 Å². The lowest BCUT2D eigenvalue weighted by atomic mass is 9.99. The van der Waals surface area contributed by atoms with Crippen LogP contribution in [0.5, 0.6) is 0 Å². The van der Waals surface area contributed by atoms with Gasteiger partial charge in [0.2, 0.25) is 0 Å². The number of morpholine rings is 1. The summed E-state index contributed by atoms with van der Waals surface area (Å²) in [5.41, 5.74) is 2.47. The molecule has 1 unspecified atom stereocenters. The number of quaternary nitrogens is 1. The molecule has 5 nitrogen and oxygen atoms in total. The van der Waals surface area contributed by atoms with E-state index in [1.807, 2.05) is 0 Å². The van der Waals surface area contributed by atoms with Crippen LogP contribution in [0.2, 0.25) is 0 Å². The Balaban J connectivity index is 1.75. The standard InChI is InChI=1S/C22H26N2O3S2/c1-13-11-24(12-14(2)27-13)20(18-8-6-10-28-18)19-15(3)16(4)29-22(19)23-21(25)17-7-5-9-26-17/h5-10,13-14,20H,11-12H2,1-4H3,(H,23,25)/p+1/t13-,14+,20-/m1/s1. The van der Waals surface area contributed by atoms with Crippen LogP contribution in [0.1, 0.15) is 51.3 Å². The van der Waals surface area contributed by atoms with Crippen LogP contribution in [0.25, 0.3) is 0 Å². The second-order valence-corrected chi connectivity index (χ2v) is 9.93. The summed E-state index contributed by atoms with van der Waals surface area (Å²) in [4.78, 5) is 16.7. The lowest BCUT2D eigenvalue weighted by Gasteiger charge is -2.37. The summed E-state index contributed by atoms with van der Waals surface area (Å²) >= 11 is 3.42. The third kappa shape index (κ3) is 4.19. The lowest BCUT2D eigenvalue weighted by molar-refractivity contribution is -0.939. The van der Waals surface area contributed by atoms with Crippen molar-refractivity contribution >= 4 is 33.6 Å². The third-order valence-corrected chi connectivity index (χ3v) is 7.57. The van der Waals surface area contributed by atoms with Gasteiger partial charge in [-0.1, -0.05) is 6.07 Å². The van der Waals surface area contributed by atoms with E-state index < -0.39 is 0 Å². The molecule has 4 rings (SSSR count). The molecule has 1 fully saturated rings. The molecular formula is C22H27N2O3S2+. The molecular weight excluding hydrogens is 404 g/mol. The zero-order valence-electron chi connectivity index (χ0n) is 17.2. The first kappa shape index (κ1) is 20.3. The molecule has 1 aliphatic heterocycles. The van der Waals surface area contributed by atoms with Gasteiger partial charge in [-0.05, 0) is 56.8 Å². The maximum Gasteiger partial charge on any atom is 0.291 e. The summed E-state index contributed by atoms with van der Waals surface area (Å²) in [6, 6.07) is 7.90. The zero-order valence-corrected chi connectivity index (χ0v) is 18.8. The number of hydrogen-bond donors (Lipinski definition) is 2. The van der Waals surface area contributed by atoms with Crippen LogP contribution in [-0.4, -0.2) is 31.2 Å². The molecule has 29 heavy (non-hydrogen) atoms. The highest BCUT2D eigenvalue weighted by atomic mass is 32.1. The summed E-state index contributed by atoms with van der Waals surface area (Å²) in [5, 5.41) is 6.17. The minimum atomic E-state index is -0.207. The molecule has 0 saturated carbocycles. The fourth-order valence-electron chi connectivity index (χ4n) is 4.21. The Labute approximate surface area is 179 Å². The Kier molecular flexibility index (Phi) is 5.92. The summed E-state index contributed by atoms with van der Waals surface area (Å²) in [7, 11) is 0. The Morgan fingerprint density at radius 2 is 1.97 bits per heavy atom. The van der Waals surface area contributed by atoms with E-state index in [1.54, 1.807) is 34.8 Å². The molecule has 4 heterocycles. The highest BCUT2D eigenvalue weighted by Gasteiger charge is 2.37. The summed E-state index contributed by atoms with van der Waals surface area (Å²) in [6.45, 7) is 10.5. The number of carbonyl (C=O) groups excluding carboxylic acids is 1. The van der Waals surface area contributed by atoms with Gasteiger partial charge in [-0.15, -0.1) is 22.7 Å². The van der Waals surface area contributed by atoms with Crippen LogP contribution < -0.4 is 10.2 Å². The molecule has 0 spiro atoms. The van der Waals surface area contributed by atoms with Gasteiger partial charge in [0.25, 0.3) is 5.91 Å². The predicted molar refractivity (Wildman–Crippen MR) is 117 cm³/mol. The van der Waals surface area contributed by atoms with Gasteiger partial charge in [-0.2, -0.15) is 0 Å². The highest BCUT2D eigenvalue weighted by Crippen LogP contribution is 2.39. The number of anilines is 1. The first-order valence-electron chi connectivity index (χ1n) is 9.92. The van der Waals surface area contributed by atoms with Crippen LogP contribution >= 0.6 is 22.7 Å². The monoisotopic (exact) mass is 431 g/mol. The molecule has 0 bridgehead atoms. The van der Waals surface area contributed by atoms with Crippen molar-refractivity contribution < 1.29 is 18.8 Å². The molecule has 4 atom stereocenters. The predicted octanol–water partition coefficient (Wildman–Crippen LogP) is 4.05. The average Bonchev–Trinajstić information content (AvgIpc) is 3.41. The van der Waals surface area contributed by atoms with Gasteiger partial charge >= 0.3 is 0 Å². The second kappa shape index (κ2) is 8.44. The van der Waals surface area contributed by atoms with Gasteiger partial charge in [0, 0.05) is 4.88 Å². The average molecular weight is 432 g/mol. The van der Waals surface area contributed by atoms with Crippen molar-refractivity contribution in [2.45, 2.75) is 45.9 Å². The molecule has 154 valence electrons. The molecule has 3 aromatic rings. The topological polar surface area (TPSA) is 55.9 Å². The minimum Gasteiger partial charge on any atom is -0.459 e. The van der Waals surface area contributed by atoms with Crippen molar-refractivity contribution in [2.24, 2.45) is 0 Å². The highest BCUT2D eigenvalue weighted by molar-refractivity contribution is 7.16. The van der Waals surface area contributed by atoms with Crippen molar-refractivity contribution in [1.82, 2.24) is 0 Å². The van der Waals surface area contributed by atoms with Crippen LogP contribution in [0.3, 0.4) is 0 Å². The molecule has 0 aliphatic carbocycles. The van der Waals surface area contributed by atoms with Gasteiger partial charge < -0.3 is 19.4 Å². The van der Waals surface area contributed by atoms with Gasteiger partial charge in [0.1, 0.15) is 30.3 Å². The van der Waals surface area contributed by atoms with Crippen molar-refractivity contribution in [1.29, 1.82) is 0 Å². The van der Waals surface area contributed by atoms with E-state index in [1.165, 1.54) is 32.0 Å². The first-order valence-corrected chi connectivity index (χ1v) is 11.6. The van der Waals surface area contributed by atoms with Gasteiger partial charge in [0.05, 0.1) is 16.7 Å². The SMILES string of the molecule is Cc1sc(NC(=O)c2ccco2)c([C@@H](c2cccs2)[NH+]2C[C@@H](C)O[C@@H](C)C2)c1C. The molecule has 0 aromatic carbocycles. The van der Waals surface area contributed by atoms with Crippen LogP contribution in [-0.2, 0) is 4.74 Å². The minimum absolute atomic E-state index is 0.167. The number of amides is 1. The molecule has 3 aromatic heterocycles. The van der Waals surface area contributed by atoms with Gasteiger partial charge in [-0.25, -0.2) is 0 Å². The van der Waals surface area contributed by atoms with Crippen molar-refractivity contribution in [3.8, 4) is 0 Å².